The van der Waals surface area contributed by atoms with Crippen molar-refractivity contribution in [2.75, 3.05) is 24.5 Å². The van der Waals surface area contributed by atoms with E-state index in [2.05, 4.69) is 25.4 Å². The van der Waals surface area contributed by atoms with E-state index in [-0.39, 0.29) is 5.91 Å². The number of carbonyl (C=O) groups is 1. The highest BCUT2D eigenvalue weighted by molar-refractivity contribution is 7.11. The van der Waals surface area contributed by atoms with E-state index in [9.17, 15) is 4.79 Å². The van der Waals surface area contributed by atoms with Crippen LogP contribution in [0.25, 0.3) is 5.65 Å². The summed E-state index contributed by atoms with van der Waals surface area (Å²) in [7, 11) is 0. The lowest BCUT2D eigenvalue weighted by atomic mass is 10.0. The fourth-order valence-corrected chi connectivity index (χ4v) is 4.21. The second-order valence-corrected chi connectivity index (χ2v) is 8.71. The Labute approximate surface area is 160 Å². The number of aromatic nitrogens is 5. The predicted octanol–water partition coefficient (Wildman–Crippen LogP) is 1.56. The van der Waals surface area contributed by atoms with Crippen LogP contribution < -0.4 is 10.2 Å². The molecule has 2 fully saturated rings. The van der Waals surface area contributed by atoms with Gasteiger partial charge in [-0.2, -0.15) is 4.52 Å². The van der Waals surface area contributed by atoms with Gasteiger partial charge in [0.15, 0.2) is 11.5 Å². The van der Waals surface area contributed by atoms with E-state index in [0.29, 0.717) is 24.8 Å². The van der Waals surface area contributed by atoms with Crippen molar-refractivity contribution in [3.05, 3.63) is 34.0 Å². The fourth-order valence-electron chi connectivity index (χ4n) is 3.41. The molecule has 1 saturated heterocycles. The molecule has 0 bridgehead atoms. The topological polar surface area (TPSA) is 88.3 Å². The number of aryl methyl sites for hydroxylation is 1. The Balaban J connectivity index is 1.14. The third-order valence-electron chi connectivity index (χ3n) is 5.09. The highest BCUT2D eigenvalue weighted by Gasteiger charge is 2.31. The van der Waals surface area contributed by atoms with Crippen LogP contribution in [0.5, 0.6) is 0 Å². The van der Waals surface area contributed by atoms with Crippen LogP contribution in [-0.4, -0.2) is 50.3 Å². The second kappa shape index (κ2) is 6.56. The maximum absolute atomic E-state index is 12.1. The lowest BCUT2D eigenvalue weighted by molar-refractivity contribution is -0.120. The van der Waals surface area contributed by atoms with Crippen LogP contribution in [0, 0.1) is 12.8 Å². The van der Waals surface area contributed by atoms with E-state index >= 15 is 0 Å². The molecule has 3 aromatic rings. The summed E-state index contributed by atoms with van der Waals surface area (Å²) in [6, 6.07) is 3.98. The van der Waals surface area contributed by atoms with E-state index in [4.69, 9.17) is 5.10 Å². The van der Waals surface area contributed by atoms with Gasteiger partial charge in [-0.15, -0.1) is 26.6 Å². The minimum absolute atomic E-state index is 0.0650. The summed E-state index contributed by atoms with van der Waals surface area (Å²) in [5, 5.41) is 17.3. The Morgan fingerprint density at radius 1 is 1.30 bits per heavy atom. The Bertz CT molecular complexity index is 987. The van der Waals surface area contributed by atoms with Gasteiger partial charge in [0.05, 0.1) is 11.4 Å². The smallest absolute Gasteiger partial charge is 0.225 e. The lowest BCUT2D eigenvalue weighted by Crippen LogP contribution is -2.52. The molecule has 1 saturated carbocycles. The van der Waals surface area contributed by atoms with Crippen molar-refractivity contribution in [3.8, 4) is 0 Å². The zero-order chi connectivity index (χ0) is 18.4. The van der Waals surface area contributed by atoms with Crippen LogP contribution in [0.1, 0.15) is 34.5 Å². The quantitative estimate of drug-likeness (QED) is 0.695. The standard InChI is InChI=1S/C18H21N7OS/c1-11-19-8-14(27-11)6-17(26)20-7-12-9-24(10-12)16-5-4-15-21-22-18(13-2-3-13)25(15)23-16/h4-5,8,12-13H,2-3,6-7,9-10H2,1H3,(H,20,26). The van der Waals surface area contributed by atoms with Gasteiger partial charge in [0.25, 0.3) is 0 Å². The zero-order valence-electron chi connectivity index (χ0n) is 15.1. The molecule has 1 aliphatic carbocycles. The van der Waals surface area contributed by atoms with E-state index in [0.717, 1.165) is 40.3 Å². The van der Waals surface area contributed by atoms with E-state index < -0.39 is 0 Å². The molecule has 1 amide bonds. The lowest BCUT2D eigenvalue weighted by Gasteiger charge is -2.40. The average Bonchev–Trinajstić information content (AvgIpc) is 3.25. The van der Waals surface area contributed by atoms with E-state index in [1.54, 1.807) is 17.5 Å². The van der Waals surface area contributed by atoms with Crippen LogP contribution >= 0.6 is 11.3 Å². The van der Waals surface area contributed by atoms with Crippen LogP contribution in [-0.2, 0) is 11.2 Å². The monoisotopic (exact) mass is 383 g/mol. The van der Waals surface area contributed by atoms with Crippen molar-refractivity contribution in [1.82, 2.24) is 30.1 Å². The first kappa shape index (κ1) is 16.6. The van der Waals surface area contributed by atoms with Gasteiger partial charge in [0, 0.05) is 42.5 Å². The number of nitrogens with zero attached hydrogens (tertiary/aromatic N) is 6. The molecule has 9 heteroatoms. The molecule has 0 unspecified atom stereocenters. The van der Waals surface area contributed by atoms with Gasteiger partial charge in [-0.1, -0.05) is 0 Å². The Morgan fingerprint density at radius 3 is 2.89 bits per heavy atom. The van der Waals surface area contributed by atoms with Crippen LogP contribution in [0.15, 0.2) is 18.3 Å². The van der Waals surface area contributed by atoms with Gasteiger partial charge in [-0.3, -0.25) is 4.79 Å². The summed E-state index contributed by atoms with van der Waals surface area (Å²) in [6.45, 7) is 4.46. The Morgan fingerprint density at radius 2 is 2.15 bits per heavy atom. The molecule has 1 N–H and O–H groups in total. The van der Waals surface area contributed by atoms with Gasteiger partial charge >= 0.3 is 0 Å². The van der Waals surface area contributed by atoms with Gasteiger partial charge < -0.3 is 10.2 Å². The van der Waals surface area contributed by atoms with Crippen molar-refractivity contribution in [1.29, 1.82) is 0 Å². The fraction of sp³-hybridized carbons (Fsp3) is 0.500. The number of anilines is 1. The first-order chi connectivity index (χ1) is 13.2. The van der Waals surface area contributed by atoms with Crippen molar-refractivity contribution in [2.45, 2.75) is 32.1 Å². The van der Waals surface area contributed by atoms with E-state index in [1.807, 2.05) is 23.6 Å². The highest BCUT2D eigenvalue weighted by Crippen LogP contribution is 2.38. The molecule has 0 radical (unpaired) electrons. The summed E-state index contributed by atoms with van der Waals surface area (Å²) in [5.74, 6) is 2.97. The molecule has 8 nitrogen and oxygen atoms in total. The van der Waals surface area contributed by atoms with Crippen molar-refractivity contribution < 1.29 is 4.79 Å². The molecule has 27 heavy (non-hydrogen) atoms. The molecule has 140 valence electrons. The highest BCUT2D eigenvalue weighted by atomic mass is 32.1. The third-order valence-corrected chi connectivity index (χ3v) is 6.00. The minimum Gasteiger partial charge on any atom is -0.355 e. The zero-order valence-corrected chi connectivity index (χ0v) is 15.9. The SMILES string of the molecule is Cc1ncc(CC(=O)NCC2CN(c3ccc4nnc(C5CC5)n4n3)C2)s1. The maximum atomic E-state index is 12.1. The summed E-state index contributed by atoms with van der Waals surface area (Å²) < 4.78 is 1.89. The number of fused-ring (bicyclic) bond motifs is 1. The Kier molecular flexibility index (Phi) is 4.04. The van der Waals surface area contributed by atoms with Gasteiger partial charge in [0.2, 0.25) is 5.91 Å². The molecule has 1 aliphatic heterocycles. The number of hydrogen-bond donors (Lipinski definition) is 1. The molecular formula is C18H21N7OS. The normalized spacial score (nSPS) is 17.3. The van der Waals surface area contributed by atoms with Crippen molar-refractivity contribution in [2.24, 2.45) is 5.92 Å². The summed E-state index contributed by atoms with van der Waals surface area (Å²) in [4.78, 5) is 19.5. The van der Waals surface area contributed by atoms with Gasteiger partial charge in [-0.25, -0.2) is 4.98 Å². The predicted molar refractivity (Wildman–Crippen MR) is 102 cm³/mol. The van der Waals surface area contributed by atoms with Gasteiger partial charge in [0.1, 0.15) is 5.82 Å². The van der Waals surface area contributed by atoms with Gasteiger partial charge in [-0.05, 0) is 31.9 Å². The largest absolute Gasteiger partial charge is 0.355 e. The van der Waals surface area contributed by atoms with Crippen molar-refractivity contribution in [3.63, 3.8) is 0 Å². The summed E-state index contributed by atoms with van der Waals surface area (Å²) in [6.07, 6.45) is 4.56. The Hall–Kier alpha value is -2.55. The molecule has 5 rings (SSSR count). The molecule has 4 heterocycles. The van der Waals surface area contributed by atoms with Crippen LogP contribution in [0.3, 0.4) is 0 Å². The number of amides is 1. The number of rotatable bonds is 6. The number of carbonyl (C=O) groups excluding carboxylic acids is 1. The summed E-state index contributed by atoms with van der Waals surface area (Å²) >= 11 is 1.58. The van der Waals surface area contributed by atoms with Crippen LogP contribution in [0.2, 0.25) is 0 Å². The molecule has 3 aromatic heterocycles. The van der Waals surface area contributed by atoms with Crippen LogP contribution in [0.4, 0.5) is 5.82 Å². The maximum Gasteiger partial charge on any atom is 0.225 e. The van der Waals surface area contributed by atoms with Crippen molar-refractivity contribution >= 4 is 28.7 Å². The second-order valence-electron chi connectivity index (χ2n) is 7.39. The molecule has 0 atom stereocenters. The summed E-state index contributed by atoms with van der Waals surface area (Å²) in [5.41, 5.74) is 0.809. The first-order valence-corrected chi connectivity index (χ1v) is 10.1. The number of nitrogens with one attached hydrogen (secondary N) is 1. The number of thiazole rings is 1. The third kappa shape index (κ3) is 3.39. The molecule has 0 aromatic carbocycles. The first-order valence-electron chi connectivity index (χ1n) is 9.31. The molecule has 0 spiro atoms. The minimum atomic E-state index is 0.0650. The van der Waals surface area contributed by atoms with E-state index in [1.165, 1.54) is 12.8 Å². The molecule has 2 aliphatic rings. The molecular weight excluding hydrogens is 362 g/mol. The number of hydrogen-bond acceptors (Lipinski definition) is 7. The average molecular weight is 383 g/mol.